The van der Waals surface area contributed by atoms with Gasteiger partial charge in [-0.1, -0.05) is 41.5 Å². The first kappa shape index (κ1) is 32.4. The molecule has 11 nitrogen and oxygen atoms in total. The molecule has 2 aliphatic heterocycles. The zero-order valence-corrected chi connectivity index (χ0v) is 29.0. The summed E-state index contributed by atoms with van der Waals surface area (Å²) in [7, 11) is -9.31. The van der Waals surface area contributed by atoms with Crippen LogP contribution in [-0.4, -0.2) is 59.0 Å². The minimum Gasteiger partial charge on any atom is -0.414 e. The average Bonchev–Trinajstić information content (AvgIpc) is 3.14. The predicted molar refractivity (Wildman–Crippen MR) is 158 cm³/mol. The topological polar surface area (TPSA) is 152 Å². The smallest absolute Gasteiger partial charge is 0.330 e. The van der Waals surface area contributed by atoms with Crippen LogP contribution in [0.5, 0.6) is 0 Å². The number of nitrogens with zero attached hydrogens (tertiary/aromatic N) is 1. The molecular formula is C24H42BrN3O8SSi2. The molecule has 1 spiro atoms. The third kappa shape index (κ3) is 5.57. The number of rotatable bonds is 6. The molecule has 222 valence electrons. The van der Waals surface area contributed by atoms with Crippen LogP contribution in [0.15, 0.2) is 25.3 Å². The van der Waals surface area contributed by atoms with Gasteiger partial charge in [0.15, 0.2) is 32.3 Å². The van der Waals surface area contributed by atoms with Crippen molar-refractivity contribution < 1.29 is 26.2 Å². The first-order chi connectivity index (χ1) is 17.4. The maximum Gasteiger partial charge on any atom is 0.330 e. The van der Waals surface area contributed by atoms with Gasteiger partial charge in [-0.3, -0.25) is 14.3 Å². The molecule has 0 bridgehead atoms. The summed E-state index contributed by atoms with van der Waals surface area (Å²) < 4.78 is 52.7. The normalized spacial score (nSPS) is 28.1. The quantitative estimate of drug-likeness (QED) is 0.341. The van der Waals surface area contributed by atoms with Crippen molar-refractivity contribution in [2.24, 2.45) is 5.73 Å². The SMILES string of the molecule is Cc1cn([C@@H]2O[C@H](CO[Si](C)(C)C(C)(C)C)C3(OS(=O)(=O)C(Br)=C3N)[C@H]2O[Si](C)(C)C(C)(C)C)c(=O)[nH]c1=O. The fourth-order valence-corrected chi connectivity index (χ4v) is 7.95. The standard InChI is InChI=1S/C24H42BrN3O8SSi2/c1-14-12-28(21(30)27-19(14)29)20-17(35-39(10,11)23(5,6)7)24(16(26)18(25)37(31,32)36-24)15(34-20)13-33-38(8,9)22(2,3)4/h12,15,17,20H,13,26H2,1-11H3,(H,27,29,30)/t15-,17+,20-,24?/m1/s1. The first-order valence-corrected chi connectivity index (χ1v) is 20.8. The Bertz CT molecular complexity index is 1390. The van der Waals surface area contributed by atoms with Gasteiger partial charge in [0.1, 0.15) is 12.2 Å². The highest BCUT2D eigenvalue weighted by atomic mass is 79.9. The zero-order valence-electron chi connectivity index (χ0n) is 24.6. The second-order valence-corrected chi connectivity index (χ2v) is 25.7. The molecule has 3 rings (SSSR count). The van der Waals surface area contributed by atoms with E-state index in [1.165, 1.54) is 10.8 Å². The van der Waals surface area contributed by atoms with Gasteiger partial charge in [0.25, 0.3) is 5.56 Å². The molecule has 3 N–H and O–H groups in total. The second-order valence-electron chi connectivity index (χ2n) is 13.4. The number of ether oxygens (including phenoxy) is 1. The molecule has 0 aliphatic carbocycles. The Morgan fingerprint density at radius 1 is 1.10 bits per heavy atom. The minimum atomic E-state index is -4.30. The van der Waals surface area contributed by atoms with Crippen molar-refractivity contribution in [1.82, 2.24) is 9.55 Å². The molecule has 4 atom stereocenters. The van der Waals surface area contributed by atoms with E-state index in [1.54, 1.807) is 6.92 Å². The number of nitrogens with one attached hydrogen (secondary N) is 1. The van der Waals surface area contributed by atoms with Crippen molar-refractivity contribution in [2.45, 2.75) is 109 Å². The van der Waals surface area contributed by atoms with Crippen LogP contribution in [0.1, 0.15) is 53.3 Å². The van der Waals surface area contributed by atoms with E-state index in [-0.39, 0.29) is 31.8 Å². The molecule has 0 saturated carbocycles. The summed E-state index contributed by atoms with van der Waals surface area (Å²) in [5, 5.41) is -0.444. The lowest BCUT2D eigenvalue weighted by molar-refractivity contribution is -0.0563. The van der Waals surface area contributed by atoms with Gasteiger partial charge in [0, 0.05) is 11.8 Å². The van der Waals surface area contributed by atoms with Crippen molar-refractivity contribution >= 4 is 42.7 Å². The minimum absolute atomic E-state index is 0.0576. The van der Waals surface area contributed by atoms with Gasteiger partial charge in [-0.25, -0.2) is 8.98 Å². The lowest BCUT2D eigenvalue weighted by atomic mass is 9.89. The van der Waals surface area contributed by atoms with E-state index in [1.807, 2.05) is 33.9 Å². The van der Waals surface area contributed by atoms with Crippen molar-refractivity contribution in [1.29, 1.82) is 0 Å². The lowest BCUT2D eigenvalue weighted by Gasteiger charge is -2.43. The number of nitrogens with two attached hydrogens (primary N) is 1. The van der Waals surface area contributed by atoms with Crippen LogP contribution in [0, 0.1) is 6.92 Å². The Labute approximate surface area is 241 Å². The number of halogens is 1. The summed E-state index contributed by atoms with van der Waals surface area (Å²) in [4.78, 5) is 27.5. The van der Waals surface area contributed by atoms with Crippen LogP contribution in [0.3, 0.4) is 0 Å². The van der Waals surface area contributed by atoms with E-state index >= 15 is 0 Å². The fourth-order valence-electron chi connectivity index (χ4n) is 4.00. The van der Waals surface area contributed by atoms with Gasteiger partial charge in [0.05, 0.1) is 12.3 Å². The van der Waals surface area contributed by atoms with Crippen molar-refractivity contribution in [3.05, 3.63) is 42.1 Å². The highest BCUT2D eigenvalue weighted by Gasteiger charge is 2.69. The third-order valence-corrected chi connectivity index (χ3v) is 20.3. The van der Waals surface area contributed by atoms with Crippen LogP contribution < -0.4 is 17.0 Å². The zero-order chi connectivity index (χ0) is 30.1. The summed E-state index contributed by atoms with van der Waals surface area (Å²) in [6.45, 7) is 22.0. The van der Waals surface area contributed by atoms with E-state index in [9.17, 15) is 18.0 Å². The largest absolute Gasteiger partial charge is 0.414 e. The van der Waals surface area contributed by atoms with E-state index in [0.717, 1.165) is 0 Å². The maximum atomic E-state index is 13.1. The summed E-state index contributed by atoms with van der Waals surface area (Å²) in [5.41, 5.74) is 3.60. The van der Waals surface area contributed by atoms with E-state index in [2.05, 4.69) is 54.8 Å². The summed E-state index contributed by atoms with van der Waals surface area (Å²) >= 11 is 3.11. The van der Waals surface area contributed by atoms with Crippen LogP contribution in [0.25, 0.3) is 0 Å². The van der Waals surface area contributed by atoms with Gasteiger partial charge in [-0.05, 0) is 59.1 Å². The summed E-state index contributed by atoms with van der Waals surface area (Å²) in [5.74, 6) is 0. The number of hydrogen-bond donors (Lipinski definition) is 2. The molecule has 15 heteroatoms. The Kier molecular flexibility index (Phi) is 8.34. The highest BCUT2D eigenvalue weighted by Crippen LogP contribution is 2.54. The van der Waals surface area contributed by atoms with E-state index in [4.69, 9.17) is 23.5 Å². The molecule has 2 aliphatic rings. The number of aromatic nitrogens is 2. The van der Waals surface area contributed by atoms with Crippen molar-refractivity contribution in [2.75, 3.05) is 6.61 Å². The highest BCUT2D eigenvalue weighted by molar-refractivity contribution is 9.13. The van der Waals surface area contributed by atoms with Crippen LogP contribution in [0.4, 0.5) is 0 Å². The Morgan fingerprint density at radius 3 is 2.10 bits per heavy atom. The summed E-state index contributed by atoms with van der Waals surface area (Å²) in [6, 6.07) is 0. The molecule has 0 aromatic carbocycles. The molecule has 0 radical (unpaired) electrons. The van der Waals surface area contributed by atoms with Crippen molar-refractivity contribution in [3.8, 4) is 0 Å². The predicted octanol–water partition coefficient (Wildman–Crippen LogP) is 3.78. The molecule has 1 fully saturated rings. The maximum absolute atomic E-state index is 13.1. The lowest BCUT2D eigenvalue weighted by Crippen LogP contribution is -2.59. The number of H-pyrrole nitrogens is 1. The Hall–Kier alpha value is -1.08. The molecule has 3 heterocycles. The fraction of sp³-hybridized carbons (Fsp3) is 0.750. The Balaban J connectivity index is 2.29. The van der Waals surface area contributed by atoms with Gasteiger partial charge in [0.2, 0.25) is 0 Å². The Morgan fingerprint density at radius 2 is 1.64 bits per heavy atom. The van der Waals surface area contributed by atoms with E-state index < -0.39 is 62.0 Å². The monoisotopic (exact) mass is 667 g/mol. The van der Waals surface area contributed by atoms with Crippen LogP contribution in [-0.2, 0) is 27.9 Å². The molecule has 1 aromatic rings. The third-order valence-electron chi connectivity index (χ3n) is 8.61. The van der Waals surface area contributed by atoms with E-state index in [0.29, 0.717) is 0 Å². The van der Waals surface area contributed by atoms with Gasteiger partial charge in [-0.15, -0.1) is 0 Å². The van der Waals surface area contributed by atoms with Gasteiger partial charge >= 0.3 is 15.8 Å². The van der Waals surface area contributed by atoms with Crippen LogP contribution >= 0.6 is 15.9 Å². The van der Waals surface area contributed by atoms with Gasteiger partial charge in [-0.2, -0.15) is 8.42 Å². The molecule has 1 aromatic heterocycles. The molecule has 1 unspecified atom stereocenters. The summed E-state index contributed by atoms with van der Waals surface area (Å²) in [6.07, 6.45) is -2.03. The number of hydrogen-bond acceptors (Lipinski definition) is 9. The average molecular weight is 669 g/mol. The molecular weight excluding hydrogens is 626 g/mol. The molecule has 0 amide bonds. The van der Waals surface area contributed by atoms with Gasteiger partial charge < -0.3 is 19.3 Å². The number of aromatic amines is 1. The van der Waals surface area contributed by atoms with Crippen molar-refractivity contribution in [3.63, 3.8) is 0 Å². The molecule has 39 heavy (non-hydrogen) atoms. The number of aryl methyl sites for hydroxylation is 1. The van der Waals surface area contributed by atoms with Crippen LogP contribution in [0.2, 0.25) is 36.3 Å². The second kappa shape index (κ2) is 10.0. The first-order valence-electron chi connectivity index (χ1n) is 12.8. The molecule has 1 saturated heterocycles.